The summed E-state index contributed by atoms with van der Waals surface area (Å²) in [6.45, 7) is 0.872. The van der Waals surface area contributed by atoms with E-state index >= 15 is 0 Å². The van der Waals surface area contributed by atoms with E-state index in [9.17, 15) is 0 Å². The van der Waals surface area contributed by atoms with E-state index in [-0.39, 0.29) is 0 Å². The highest BCUT2D eigenvalue weighted by Gasteiger charge is 2.01. The molecule has 0 saturated heterocycles. The van der Waals surface area contributed by atoms with Crippen LogP contribution >= 0.6 is 22.2 Å². The molecule has 2 N–H and O–H groups in total. The Bertz CT molecular complexity index is 490. The highest BCUT2D eigenvalue weighted by molar-refractivity contribution is 7.33. The van der Waals surface area contributed by atoms with Crippen LogP contribution in [0.2, 0.25) is 6.04 Å². The monoisotopic (exact) mass is 676 g/mol. The Morgan fingerprint density at radius 3 is 0.500 bits per heavy atom. The van der Waals surface area contributed by atoms with Crippen molar-refractivity contribution in [1.29, 1.82) is 0 Å². The van der Waals surface area contributed by atoms with E-state index in [0.29, 0.717) is 0 Å². The summed E-state index contributed by atoms with van der Waals surface area (Å²) in [5, 5.41) is 0. The average Bonchev–Trinajstić information content (AvgIpc) is 3.02. The molecule has 0 fully saturated rings. The Labute approximate surface area is 290 Å². The van der Waals surface area contributed by atoms with Gasteiger partial charge in [0.2, 0.25) is 7.42 Å². The fourth-order valence-electron chi connectivity index (χ4n) is 6.81. The van der Waals surface area contributed by atoms with Crippen LogP contribution in [0.25, 0.3) is 0 Å². The lowest BCUT2D eigenvalue weighted by Gasteiger charge is -2.05. The second kappa shape index (κ2) is 41.8. The Hall–Kier alpha value is 0.757. The fourth-order valence-corrected chi connectivity index (χ4v) is 8.33. The summed E-state index contributed by atoms with van der Waals surface area (Å²) in [6.07, 6.45) is 55.0. The Kier molecular flexibility index (Phi) is 42.5. The maximum Gasteiger partial charge on any atom is 0.237 e. The third-order valence-corrected chi connectivity index (χ3v) is 12.0. The van der Waals surface area contributed by atoms with Crippen LogP contribution in [0.3, 0.4) is 0 Å². The lowest BCUT2D eigenvalue weighted by molar-refractivity contribution is 0.510. The van der Waals surface area contributed by atoms with Gasteiger partial charge in [-0.15, -0.1) is 0 Å². The van der Waals surface area contributed by atoms with Crippen molar-refractivity contribution < 1.29 is 0 Å². The van der Waals surface area contributed by atoms with Gasteiger partial charge in [0.1, 0.15) is 0 Å². The van der Waals surface area contributed by atoms with Gasteiger partial charge in [-0.1, -0.05) is 238 Å². The Morgan fingerprint density at radius 2 is 0.364 bits per heavy atom. The van der Waals surface area contributed by atoms with E-state index in [1.54, 1.807) is 0 Å². The molecule has 266 valence electrons. The van der Waals surface area contributed by atoms with E-state index in [0.717, 1.165) is 12.6 Å². The summed E-state index contributed by atoms with van der Waals surface area (Å²) >= 11 is 11.8. The molecule has 0 amide bonds. The van der Waals surface area contributed by atoms with Crippen LogP contribution in [0.5, 0.6) is 0 Å². The Balaban J connectivity index is 3.03. The molecule has 0 aromatic heterocycles. The minimum Gasteiger partial charge on any atom is -0.330 e. The minimum absolute atomic E-state index is 0.872. The number of nitrogens with two attached hydrogens (primary N) is 1. The van der Waals surface area contributed by atoms with Gasteiger partial charge >= 0.3 is 0 Å². The van der Waals surface area contributed by atoms with Gasteiger partial charge in [-0.05, 0) is 19.0 Å². The zero-order valence-electron chi connectivity index (χ0n) is 30.2. The first-order valence-corrected chi connectivity index (χ1v) is 25.1. The zero-order valence-corrected chi connectivity index (χ0v) is 32.9. The van der Waals surface area contributed by atoms with Crippen molar-refractivity contribution in [1.82, 2.24) is 0 Å². The van der Waals surface area contributed by atoms with Gasteiger partial charge in [0.25, 0.3) is 0 Å². The molecule has 0 aliphatic carbocycles. The van der Waals surface area contributed by atoms with Crippen molar-refractivity contribution in [2.75, 3.05) is 6.54 Å². The first-order valence-electron chi connectivity index (χ1n) is 20.8. The molecule has 0 rings (SSSR count). The minimum atomic E-state index is -1.34. The summed E-state index contributed by atoms with van der Waals surface area (Å²) in [6, 6.07) is 1.10. The summed E-state index contributed by atoms with van der Waals surface area (Å²) in [5.74, 6) is 0. The zero-order chi connectivity index (χ0) is 31.9. The van der Waals surface area contributed by atoms with Crippen molar-refractivity contribution in [2.45, 2.75) is 250 Å². The first kappa shape index (κ1) is 44.8. The molecule has 0 aromatic carbocycles. The summed E-state index contributed by atoms with van der Waals surface area (Å²) < 4.78 is 0. The van der Waals surface area contributed by atoms with Crippen molar-refractivity contribution in [3.8, 4) is 0 Å². The topological polar surface area (TPSA) is 26.0 Å². The van der Waals surface area contributed by atoms with Gasteiger partial charge in [-0.25, -0.2) is 0 Å². The second-order valence-electron chi connectivity index (χ2n) is 14.4. The van der Waals surface area contributed by atoms with E-state index in [1.165, 1.54) is 244 Å². The summed E-state index contributed by atoms with van der Waals surface area (Å²) in [4.78, 5) is 0. The predicted octanol–water partition coefficient (Wildman–Crippen LogP) is 15.5. The molecular formula is C40H83Cl2NSi. The molecule has 0 saturated carbocycles. The maximum atomic E-state index is 5.91. The SMILES string of the molecule is NCCCCCCCCCCCCCCCCCCCCCCCCCCCCCCCCCCCCCCCC[SiH](Cl)Cl. The van der Waals surface area contributed by atoms with Crippen molar-refractivity contribution in [3.63, 3.8) is 0 Å². The molecule has 44 heavy (non-hydrogen) atoms. The van der Waals surface area contributed by atoms with Crippen LogP contribution in [0.1, 0.15) is 244 Å². The largest absolute Gasteiger partial charge is 0.330 e. The average molecular weight is 677 g/mol. The van der Waals surface area contributed by atoms with E-state index in [4.69, 9.17) is 27.9 Å². The summed E-state index contributed by atoms with van der Waals surface area (Å²) in [5.41, 5.74) is 5.55. The molecule has 0 bridgehead atoms. The molecule has 4 heteroatoms. The van der Waals surface area contributed by atoms with E-state index in [2.05, 4.69) is 0 Å². The standard InChI is InChI=1S/C40H83Cl2NSi/c41-44(42)40-38-36-34-32-30-28-26-24-22-20-18-16-14-12-10-8-6-4-2-1-3-5-7-9-11-13-15-17-19-21-23-25-27-29-31-33-35-37-39-43/h44H,1-40,43H2. The smallest absolute Gasteiger partial charge is 0.237 e. The van der Waals surface area contributed by atoms with E-state index < -0.39 is 7.42 Å². The molecule has 0 atom stereocenters. The van der Waals surface area contributed by atoms with Gasteiger partial charge in [-0.3, -0.25) is 0 Å². The molecule has 0 aromatic rings. The lowest BCUT2D eigenvalue weighted by Crippen LogP contribution is -1.97. The van der Waals surface area contributed by atoms with Gasteiger partial charge in [-0.2, -0.15) is 22.2 Å². The van der Waals surface area contributed by atoms with E-state index in [1.807, 2.05) is 0 Å². The number of halogens is 2. The first-order chi connectivity index (χ1) is 21.8. The van der Waals surface area contributed by atoms with Crippen molar-refractivity contribution in [2.24, 2.45) is 5.73 Å². The van der Waals surface area contributed by atoms with Crippen LogP contribution < -0.4 is 5.73 Å². The number of hydrogen-bond donors (Lipinski definition) is 1. The molecule has 0 heterocycles. The van der Waals surface area contributed by atoms with Crippen LogP contribution in [-0.4, -0.2) is 14.0 Å². The van der Waals surface area contributed by atoms with Crippen molar-refractivity contribution >= 4 is 29.6 Å². The van der Waals surface area contributed by atoms with Crippen LogP contribution in [-0.2, 0) is 0 Å². The molecule has 0 aliphatic rings. The van der Waals surface area contributed by atoms with Crippen LogP contribution in [0, 0.1) is 0 Å². The van der Waals surface area contributed by atoms with Crippen LogP contribution in [0.4, 0.5) is 0 Å². The molecule has 0 aliphatic heterocycles. The summed E-state index contributed by atoms with van der Waals surface area (Å²) in [7, 11) is -1.34. The molecule has 1 nitrogen and oxygen atoms in total. The maximum absolute atomic E-state index is 5.91. The van der Waals surface area contributed by atoms with Gasteiger partial charge in [0.15, 0.2) is 0 Å². The Morgan fingerprint density at radius 1 is 0.227 bits per heavy atom. The normalized spacial score (nSPS) is 11.7. The third-order valence-electron chi connectivity index (χ3n) is 9.88. The van der Waals surface area contributed by atoms with Gasteiger partial charge in [0.05, 0.1) is 0 Å². The predicted molar refractivity (Wildman–Crippen MR) is 208 cm³/mol. The van der Waals surface area contributed by atoms with Crippen molar-refractivity contribution in [3.05, 3.63) is 0 Å². The van der Waals surface area contributed by atoms with Gasteiger partial charge in [0, 0.05) is 0 Å². The molecule has 0 radical (unpaired) electrons. The quantitative estimate of drug-likeness (QED) is 0.0390. The van der Waals surface area contributed by atoms with Crippen LogP contribution in [0.15, 0.2) is 0 Å². The second-order valence-corrected chi connectivity index (χ2v) is 19.6. The fraction of sp³-hybridized carbons (Fsp3) is 1.00. The number of rotatable bonds is 40. The molecule has 0 spiro atoms. The third kappa shape index (κ3) is 42.8. The van der Waals surface area contributed by atoms with Gasteiger partial charge < -0.3 is 5.73 Å². The lowest BCUT2D eigenvalue weighted by atomic mass is 10.0. The molecule has 0 unspecified atom stereocenters. The number of unbranched alkanes of at least 4 members (excludes halogenated alkanes) is 37. The molecular weight excluding hydrogens is 593 g/mol. The highest BCUT2D eigenvalue weighted by Crippen LogP contribution is 2.18. The highest BCUT2D eigenvalue weighted by atomic mass is 35.7. The number of hydrogen-bond acceptors (Lipinski definition) is 1.